The number of likely N-dealkylation sites (N-methyl/N-ethyl adjacent to an activating group) is 1. The van der Waals surface area contributed by atoms with Crippen molar-refractivity contribution in [3.8, 4) is 0 Å². The molecule has 0 aliphatic heterocycles. The van der Waals surface area contributed by atoms with Crippen LogP contribution in [0.4, 0.5) is 0 Å². The Morgan fingerprint density at radius 1 is 0.413 bits per heavy atom. The molecule has 280 valence electrons. The molecule has 46 heavy (non-hydrogen) atoms. The molecule has 3 nitrogen and oxygen atoms in total. The molecule has 0 saturated carbocycles. The second kappa shape index (κ2) is 38.4. The molecule has 0 bridgehead atoms. The molecule has 0 radical (unpaired) electrons. The van der Waals surface area contributed by atoms with Gasteiger partial charge >= 0.3 is 0 Å². The number of halogens is 1. The Balaban J connectivity index is 0. The maximum atomic E-state index is 6.49. The van der Waals surface area contributed by atoms with Crippen molar-refractivity contribution in [3.05, 3.63) is 0 Å². The van der Waals surface area contributed by atoms with Crippen molar-refractivity contribution in [1.82, 2.24) is 0 Å². The fraction of sp³-hybridized carbons (Fsp3) is 1.00. The SMILES string of the molecule is CCCCCCCCCCCCCCCCCCOC(C)C(C)(OCCCCCCCCCCCCCCCCCC)[NH+](C)C.[I-]. The first-order valence-corrected chi connectivity index (χ1v) is 21.0. The minimum Gasteiger partial charge on any atom is -1.00 e. The van der Waals surface area contributed by atoms with E-state index in [4.69, 9.17) is 9.47 Å². The first-order chi connectivity index (χ1) is 22.0. The Hall–Kier alpha value is 0.610. The fourth-order valence-corrected chi connectivity index (χ4v) is 6.67. The quantitative estimate of drug-likeness (QED) is 0.0385. The second-order valence-electron chi connectivity index (χ2n) is 15.1. The Kier molecular flexibility index (Phi) is 40.7. The first-order valence-electron chi connectivity index (χ1n) is 21.0. The number of rotatable bonds is 38. The smallest absolute Gasteiger partial charge is 0.224 e. The Bertz CT molecular complexity index is 560. The summed E-state index contributed by atoms with van der Waals surface area (Å²) in [5.74, 6) is 0. The van der Waals surface area contributed by atoms with E-state index in [2.05, 4.69) is 41.8 Å². The van der Waals surface area contributed by atoms with Gasteiger partial charge in [0, 0.05) is 13.5 Å². The van der Waals surface area contributed by atoms with Crippen molar-refractivity contribution in [2.45, 2.75) is 245 Å². The summed E-state index contributed by atoms with van der Waals surface area (Å²) in [5.41, 5.74) is -0.273. The van der Waals surface area contributed by atoms with Crippen LogP contribution in [0.5, 0.6) is 0 Å². The lowest BCUT2D eigenvalue weighted by Gasteiger charge is -2.37. The highest BCUT2D eigenvalue weighted by Crippen LogP contribution is 2.17. The summed E-state index contributed by atoms with van der Waals surface area (Å²) in [6.07, 6.45) is 45.2. The van der Waals surface area contributed by atoms with Gasteiger partial charge in [0.2, 0.25) is 5.72 Å². The van der Waals surface area contributed by atoms with E-state index in [-0.39, 0.29) is 35.8 Å². The average molecular weight is 766 g/mol. The van der Waals surface area contributed by atoms with E-state index in [1.54, 1.807) is 0 Å². The van der Waals surface area contributed by atoms with E-state index >= 15 is 0 Å². The third kappa shape index (κ3) is 31.9. The van der Waals surface area contributed by atoms with Gasteiger partial charge in [0.1, 0.15) is 6.10 Å². The Morgan fingerprint density at radius 3 is 0.913 bits per heavy atom. The Morgan fingerprint density at radius 2 is 0.652 bits per heavy atom. The summed E-state index contributed by atoms with van der Waals surface area (Å²) < 4.78 is 12.8. The van der Waals surface area contributed by atoms with E-state index in [9.17, 15) is 0 Å². The maximum absolute atomic E-state index is 6.49. The highest BCUT2D eigenvalue weighted by Gasteiger charge is 2.39. The summed E-state index contributed by atoms with van der Waals surface area (Å²) in [7, 11) is 4.42. The van der Waals surface area contributed by atoms with Gasteiger partial charge in [-0.05, 0) is 19.8 Å². The Labute approximate surface area is 309 Å². The van der Waals surface area contributed by atoms with Crippen molar-refractivity contribution < 1.29 is 38.4 Å². The van der Waals surface area contributed by atoms with Gasteiger partial charge in [-0.15, -0.1) is 0 Å². The molecule has 0 aliphatic carbocycles. The lowest BCUT2D eigenvalue weighted by atomic mass is 10.0. The summed E-state index contributed by atoms with van der Waals surface area (Å²) in [5, 5.41) is 0. The fourth-order valence-electron chi connectivity index (χ4n) is 6.67. The van der Waals surface area contributed by atoms with E-state index < -0.39 is 0 Å². The molecule has 0 saturated heterocycles. The van der Waals surface area contributed by atoms with Crippen LogP contribution in [-0.4, -0.2) is 39.1 Å². The largest absolute Gasteiger partial charge is 1.00 e. The molecular weight excluding hydrogens is 677 g/mol. The maximum Gasteiger partial charge on any atom is 0.224 e. The van der Waals surface area contributed by atoms with Crippen LogP contribution in [-0.2, 0) is 9.47 Å². The third-order valence-electron chi connectivity index (χ3n) is 10.5. The lowest BCUT2D eigenvalue weighted by Crippen LogP contribution is -3.16. The number of hydrogen-bond acceptors (Lipinski definition) is 2. The van der Waals surface area contributed by atoms with Crippen LogP contribution >= 0.6 is 0 Å². The molecule has 0 spiro atoms. The number of unbranched alkanes of at least 4 members (excludes halogenated alkanes) is 30. The van der Waals surface area contributed by atoms with Crippen molar-refractivity contribution in [2.75, 3.05) is 27.3 Å². The highest BCUT2D eigenvalue weighted by atomic mass is 127. The van der Waals surface area contributed by atoms with Crippen LogP contribution in [0.2, 0.25) is 0 Å². The molecule has 0 aliphatic rings. The van der Waals surface area contributed by atoms with Gasteiger partial charge in [-0.1, -0.05) is 206 Å². The van der Waals surface area contributed by atoms with Gasteiger partial charge in [-0.2, -0.15) is 0 Å². The zero-order valence-corrected chi connectivity index (χ0v) is 35.0. The summed E-state index contributed by atoms with van der Waals surface area (Å²) in [6, 6.07) is 0. The van der Waals surface area contributed by atoms with Crippen LogP contribution in [0, 0.1) is 0 Å². The predicted molar refractivity (Wildman–Crippen MR) is 202 cm³/mol. The van der Waals surface area contributed by atoms with Crippen LogP contribution in [0.25, 0.3) is 0 Å². The van der Waals surface area contributed by atoms with E-state index in [0.29, 0.717) is 0 Å². The molecule has 4 heteroatoms. The van der Waals surface area contributed by atoms with Crippen molar-refractivity contribution >= 4 is 0 Å². The zero-order chi connectivity index (χ0) is 33.1. The van der Waals surface area contributed by atoms with Gasteiger partial charge in [-0.3, -0.25) is 0 Å². The minimum atomic E-state index is -0.273. The van der Waals surface area contributed by atoms with E-state index in [1.807, 2.05) is 0 Å². The lowest BCUT2D eigenvalue weighted by molar-refractivity contribution is -0.947. The molecule has 1 N–H and O–H groups in total. The van der Waals surface area contributed by atoms with Crippen LogP contribution in [0.15, 0.2) is 0 Å². The highest BCUT2D eigenvalue weighted by molar-refractivity contribution is 4.70. The average Bonchev–Trinajstić information content (AvgIpc) is 3.03. The van der Waals surface area contributed by atoms with Gasteiger partial charge in [-0.25, -0.2) is 0 Å². The summed E-state index contributed by atoms with van der Waals surface area (Å²) >= 11 is 0. The predicted octanol–water partition coefficient (Wildman–Crippen LogP) is 9.80. The van der Waals surface area contributed by atoms with E-state index in [1.165, 1.54) is 210 Å². The third-order valence-corrected chi connectivity index (χ3v) is 10.5. The van der Waals surface area contributed by atoms with Gasteiger partial charge in [0.15, 0.2) is 0 Å². The first kappa shape index (κ1) is 48.7. The zero-order valence-electron chi connectivity index (χ0n) is 32.8. The molecule has 0 aromatic rings. The molecular formula is C42H88INO2. The van der Waals surface area contributed by atoms with Crippen LogP contribution < -0.4 is 28.9 Å². The molecule has 2 atom stereocenters. The number of ether oxygens (including phenoxy) is 2. The molecule has 0 amide bonds. The monoisotopic (exact) mass is 766 g/mol. The molecule has 0 heterocycles. The normalized spacial score (nSPS) is 13.6. The van der Waals surface area contributed by atoms with Crippen molar-refractivity contribution in [1.29, 1.82) is 0 Å². The van der Waals surface area contributed by atoms with Gasteiger partial charge in [0.05, 0.1) is 20.7 Å². The van der Waals surface area contributed by atoms with Crippen molar-refractivity contribution in [3.63, 3.8) is 0 Å². The molecule has 0 fully saturated rings. The summed E-state index contributed by atoms with van der Waals surface area (Å²) in [6.45, 7) is 10.8. The van der Waals surface area contributed by atoms with Gasteiger partial charge < -0.3 is 38.4 Å². The van der Waals surface area contributed by atoms with Gasteiger partial charge in [0.25, 0.3) is 0 Å². The molecule has 0 aromatic carbocycles. The topological polar surface area (TPSA) is 22.9 Å². The minimum absolute atomic E-state index is 0. The number of nitrogens with one attached hydrogen (secondary N) is 1. The van der Waals surface area contributed by atoms with Crippen LogP contribution in [0.1, 0.15) is 233 Å². The number of quaternary nitrogens is 1. The summed E-state index contributed by atoms with van der Waals surface area (Å²) in [4.78, 5) is 1.33. The van der Waals surface area contributed by atoms with Crippen molar-refractivity contribution in [2.24, 2.45) is 0 Å². The van der Waals surface area contributed by atoms with E-state index in [0.717, 1.165) is 13.2 Å². The molecule has 2 unspecified atom stereocenters. The standard InChI is InChI=1S/C42H87NO2.HI/c1-7-9-11-13-15-17-19-21-23-25-27-29-31-33-35-37-39-44-41(3)42(4,43(5)6)45-40-38-36-34-32-30-28-26-24-22-20-18-16-14-12-10-8-2;/h41H,7-40H2,1-6H3;1H. The number of hydrogen-bond donors (Lipinski definition) is 1. The van der Waals surface area contributed by atoms with Crippen LogP contribution in [0.3, 0.4) is 0 Å². The molecule has 0 aromatic heterocycles. The molecule has 0 rings (SSSR count). The second-order valence-corrected chi connectivity index (χ2v) is 15.1.